The van der Waals surface area contributed by atoms with Crippen LogP contribution in [0.1, 0.15) is 11.1 Å². The lowest BCUT2D eigenvalue weighted by molar-refractivity contribution is -0.136. The van der Waals surface area contributed by atoms with Crippen molar-refractivity contribution < 1.29 is 23.1 Å². The Kier molecular flexibility index (Phi) is 6.83. The Labute approximate surface area is 171 Å². The molecular weight excluding hydrogens is 392 g/mol. The molecule has 0 aliphatic heterocycles. The number of hydrogen-bond donors (Lipinski definition) is 2. The molecule has 3 aromatic carbocycles. The Bertz CT molecular complexity index is 1050. The number of anilines is 1. The van der Waals surface area contributed by atoms with Gasteiger partial charge in [-0.2, -0.15) is 5.10 Å². The molecular formula is C22H17F2N3O3. The molecule has 2 amide bonds. The summed E-state index contributed by atoms with van der Waals surface area (Å²) < 4.78 is 32.0. The predicted octanol–water partition coefficient (Wildman–Crippen LogP) is 3.63. The molecule has 0 radical (unpaired) electrons. The van der Waals surface area contributed by atoms with E-state index in [-0.39, 0.29) is 18.1 Å². The van der Waals surface area contributed by atoms with Gasteiger partial charge in [-0.25, -0.2) is 14.2 Å². The van der Waals surface area contributed by atoms with Gasteiger partial charge < -0.3 is 10.1 Å². The third-order valence-electron chi connectivity index (χ3n) is 3.92. The van der Waals surface area contributed by atoms with Crippen LogP contribution in [0.25, 0.3) is 0 Å². The zero-order chi connectivity index (χ0) is 21.3. The minimum atomic E-state index is -0.972. The van der Waals surface area contributed by atoms with Crippen molar-refractivity contribution in [2.75, 3.05) is 5.32 Å². The number of benzene rings is 3. The molecule has 0 aliphatic carbocycles. The topological polar surface area (TPSA) is 79.8 Å². The molecule has 6 nitrogen and oxygen atoms in total. The quantitative estimate of drug-likeness (QED) is 0.371. The molecule has 0 atom stereocenters. The zero-order valence-electron chi connectivity index (χ0n) is 15.6. The van der Waals surface area contributed by atoms with Crippen LogP contribution in [-0.4, -0.2) is 18.0 Å². The maximum atomic E-state index is 13.6. The van der Waals surface area contributed by atoms with Crippen LogP contribution in [-0.2, 0) is 16.2 Å². The maximum Gasteiger partial charge on any atom is 0.329 e. The van der Waals surface area contributed by atoms with E-state index < -0.39 is 17.6 Å². The van der Waals surface area contributed by atoms with Gasteiger partial charge in [0.25, 0.3) is 0 Å². The number of nitrogens with one attached hydrogen (secondary N) is 2. The van der Waals surface area contributed by atoms with E-state index in [1.165, 1.54) is 24.4 Å². The van der Waals surface area contributed by atoms with Crippen molar-refractivity contribution in [1.29, 1.82) is 0 Å². The summed E-state index contributed by atoms with van der Waals surface area (Å²) in [6.07, 6.45) is 1.35. The maximum absolute atomic E-state index is 13.6. The molecule has 8 heteroatoms. The molecule has 0 saturated carbocycles. The van der Waals surface area contributed by atoms with Gasteiger partial charge in [-0.15, -0.1) is 0 Å². The lowest BCUT2D eigenvalue weighted by Crippen LogP contribution is -2.32. The van der Waals surface area contributed by atoms with Crippen LogP contribution in [0, 0.1) is 11.6 Å². The highest BCUT2D eigenvalue weighted by molar-refractivity contribution is 6.39. The summed E-state index contributed by atoms with van der Waals surface area (Å²) >= 11 is 0. The molecule has 2 N–H and O–H groups in total. The van der Waals surface area contributed by atoms with Crippen LogP contribution in [0.15, 0.2) is 77.9 Å². The van der Waals surface area contributed by atoms with Crippen molar-refractivity contribution in [3.05, 3.63) is 95.6 Å². The first-order valence-corrected chi connectivity index (χ1v) is 8.87. The van der Waals surface area contributed by atoms with Gasteiger partial charge in [0, 0.05) is 11.3 Å². The summed E-state index contributed by atoms with van der Waals surface area (Å²) in [5, 5.41) is 6.04. The monoisotopic (exact) mass is 409 g/mol. The first-order valence-electron chi connectivity index (χ1n) is 8.87. The summed E-state index contributed by atoms with van der Waals surface area (Å²) in [4.78, 5) is 23.5. The van der Waals surface area contributed by atoms with Crippen molar-refractivity contribution in [3.63, 3.8) is 0 Å². The largest absolute Gasteiger partial charge is 0.489 e. The number of ether oxygens (including phenoxy) is 1. The highest BCUT2D eigenvalue weighted by Gasteiger charge is 2.12. The SMILES string of the molecule is O=C(NN=Cc1ccc(OCc2ccccc2F)cc1)C(=O)Nc1ccc(F)cc1. The average Bonchev–Trinajstić information content (AvgIpc) is 2.75. The van der Waals surface area contributed by atoms with Gasteiger partial charge in [0.05, 0.1) is 6.21 Å². The highest BCUT2D eigenvalue weighted by atomic mass is 19.1. The summed E-state index contributed by atoms with van der Waals surface area (Å²) in [5.41, 5.74) is 3.48. The summed E-state index contributed by atoms with van der Waals surface area (Å²) in [6, 6.07) is 18.1. The number of hydrogen-bond acceptors (Lipinski definition) is 4. The lowest BCUT2D eigenvalue weighted by atomic mass is 10.2. The van der Waals surface area contributed by atoms with E-state index in [1.54, 1.807) is 42.5 Å². The van der Waals surface area contributed by atoms with E-state index >= 15 is 0 Å². The van der Waals surface area contributed by atoms with Gasteiger partial charge in [0.15, 0.2) is 0 Å². The number of carbonyl (C=O) groups is 2. The van der Waals surface area contributed by atoms with Crippen LogP contribution >= 0.6 is 0 Å². The van der Waals surface area contributed by atoms with Crippen molar-refractivity contribution in [2.24, 2.45) is 5.10 Å². The Hall–Kier alpha value is -4.07. The van der Waals surface area contributed by atoms with E-state index in [0.29, 0.717) is 16.9 Å². The van der Waals surface area contributed by atoms with Crippen LogP contribution in [0.5, 0.6) is 5.75 Å². The first kappa shape index (κ1) is 20.7. The van der Waals surface area contributed by atoms with Gasteiger partial charge in [-0.1, -0.05) is 18.2 Å². The molecule has 3 aromatic rings. The third-order valence-corrected chi connectivity index (χ3v) is 3.92. The van der Waals surface area contributed by atoms with Crippen molar-refractivity contribution in [2.45, 2.75) is 6.61 Å². The van der Waals surface area contributed by atoms with Crippen molar-refractivity contribution in [1.82, 2.24) is 5.43 Å². The molecule has 3 rings (SSSR count). The van der Waals surface area contributed by atoms with Gasteiger partial charge in [-0.3, -0.25) is 9.59 Å². The Morgan fingerprint density at radius 1 is 0.900 bits per heavy atom. The van der Waals surface area contributed by atoms with E-state index in [0.717, 1.165) is 12.1 Å². The van der Waals surface area contributed by atoms with Gasteiger partial charge >= 0.3 is 11.8 Å². The lowest BCUT2D eigenvalue weighted by Gasteiger charge is -2.07. The van der Waals surface area contributed by atoms with Crippen molar-refractivity contribution >= 4 is 23.7 Å². The van der Waals surface area contributed by atoms with E-state index in [2.05, 4.69) is 15.8 Å². The molecule has 0 bridgehead atoms. The molecule has 30 heavy (non-hydrogen) atoms. The van der Waals surface area contributed by atoms with Gasteiger partial charge in [0.2, 0.25) is 0 Å². The Morgan fingerprint density at radius 3 is 2.30 bits per heavy atom. The first-order chi connectivity index (χ1) is 14.5. The fourth-order valence-electron chi connectivity index (χ4n) is 2.36. The van der Waals surface area contributed by atoms with E-state index in [9.17, 15) is 18.4 Å². The molecule has 0 heterocycles. The minimum absolute atomic E-state index is 0.0966. The smallest absolute Gasteiger partial charge is 0.329 e. The molecule has 0 saturated heterocycles. The molecule has 0 fully saturated rings. The van der Waals surface area contributed by atoms with Crippen LogP contribution in [0.2, 0.25) is 0 Å². The number of halogens is 2. The number of carbonyl (C=O) groups excluding carboxylic acids is 2. The highest BCUT2D eigenvalue weighted by Crippen LogP contribution is 2.15. The zero-order valence-corrected chi connectivity index (χ0v) is 15.6. The molecule has 0 aliphatic rings. The fraction of sp³-hybridized carbons (Fsp3) is 0.0455. The van der Waals surface area contributed by atoms with Crippen LogP contribution in [0.4, 0.5) is 14.5 Å². The number of nitrogens with zero attached hydrogens (tertiary/aromatic N) is 1. The van der Waals surface area contributed by atoms with Gasteiger partial charge in [0.1, 0.15) is 24.0 Å². The minimum Gasteiger partial charge on any atom is -0.489 e. The Morgan fingerprint density at radius 2 is 1.60 bits per heavy atom. The molecule has 0 unspecified atom stereocenters. The fourth-order valence-corrected chi connectivity index (χ4v) is 2.36. The summed E-state index contributed by atoms with van der Waals surface area (Å²) in [7, 11) is 0. The van der Waals surface area contributed by atoms with E-state index in [4.69, 9.17) is 4.74 Å². The van der Waals surface area contributed by atoms with Crippen molar-refractivity contribution in [3.8, 4) is 5.75 Å². The standard InChI is InChI=1S/C22H17F2N3O3/c23-17-7-9-18(10-8-17)26-21(28)22(29)27-25-13-15-5-11-19(12-6-15)30-14-16-3-1-2-4-20(16)24/h1-13H,14H2,(H,26,28)(H,27,29). The normalized spacial score (nSPS) is 10.6. The number of hydrazone groups is 1. The Balaban J connectivity index is 1.47. The molecule has 152 valence electrons. The van der Waals surface area contributed by atoms with Crippen LogP contribution < -0.4 is 15.5 Å². The predicted molar refractivity (Wildman–Crippen MR) is 108 cm³/mol. The second-order valence-corrected chi connectivity index (χ2v) is 6.11. The van der Waals surface area contributed by atoms with Gasteiger partial charge in [-0.05, 0) is 60.2 Å². The number of amides is 2. The molecule has 0 spiro atoms. The summed E-state index contributed by atoms with van der Waals surface area (Å²) in [5.74, 6) is -2.15. The van der Waals surface area contributed by atoms with Crippen LogP contribution in [0.3, 0.4) is 0 Å². The second kappa shape index (κ2) is 9.92. The second-order valence-electron chi connectivity index (χ2n) is 6.11. The molecule has 0 aromatic heterocycles. The summed E-state index contributed by atoms with van der Waals surface area (Å²) in [6.45, 7) is 0.0966. The van der Waals surface area contributed by atoms with E-state index in [1.807, 2.05) is 0 Å². The third kappa shape index (κ3) is 5.96. The number of rotatable bonds is 6. The average molecular weight is 409 g/mol.